The summed E-state index contributed by atoms with van der Waals surface area (Å²) in [5, 5.41) is 13.3. The van der Waals surface area contributed by atoms with Gasteiger partial charge in [-0.15, -0.1) is 0 Å². The number of anilines is 1. The van der Waals surface area contributed by atoms with Crippen LogP contribution < -0.4 is 5.32 Å². The number of non-ortho nitro benzene ring substituents is 1. The van der Waals surface area contributed by atoms with E-state index in [0.717, 1.165) is 5.56 Å². The number of hydrogen-bond acceptors (Lipinski definition) is 5. The average molecular weight is 412 g/mol. The van der Waals surface area contributed by atoms with Gasteiger partial charge in [-0.1, -0.05) is 13.8 Å². The first-order chi connectivity index (χ1) is 10.4. The topological polar surface area (TPSA) is 98.0 Å². The van der Waals surface area contributed by atoms with E-state index in [1.807, 2.05) is 36.4 Å². The van der Waals surface area contributed by atoms with E-state index in [0.29, 0.717) is 9.49 Å². The maximum Gasteiger partial charge on any atom is 0.270 e. The maximum atomic E-state index is 12.2. The van der Waals surface area contributed by atoms with Crippen molar-refractivity contribution in [2.75, 3.05) is 5.32 Å². The molecule has 7 nitrogen and oxygen atoms in total. The minimum absolute atomic E-state index is 0.137. The van der Waals surface area contributed by atoms with E-state index < -0.39 is 10.8 Å². The van der Waals surface area contributed by atoms with Crippen LogP contribution in [0.5, 0.6) is 0 Å². The molecule has 0 fully saturated rings. The molecule has 2 rings (SSSR count). The highest BCUT2D eigenvalue weighted by atomic mass is 127. The van der Waals surface area contributed by atoms with Crippen molar-refractivity contribution >= 4 is 40.1 Å². The third-order valence-electron chi connectivity index (χ3n) is 2.97. The molecule has 0 radical (unpaired) electrons. The Morgan fingerprint density at radius 1 is 1.32 bits per heavy atom. The number of nitrogens with one attached hydrogen (secondary N) is 1. The lowest BCUT2D eigenvalue weighted by Crippen LogP contribution is -2.16. The van der Waals surface area contributed by atoms with Crippen LogP contribution in [-0.4, -0.2) is 20.8 Å². The van der Waals surface area contributed by atoms with Gasteiger partial charge in [0.15, 0.2) is 0 Å². The van der Waals surface area contributed by atoms with Crippen LogP contribution in [0, 0.1) is 13.7 Å². The number of nitro benzene ring substituents is 1. The van der Waals surface area contributed by atoms with Crippen LogP contribution in [-0.2, 0) is 0 Å². The molecule has 0 atom stereocenters. The highest BCUT2D eigenvalue weighted by molar-refractivity contribution is 14.1. The number of carbonyl (C=O) groups excluding carboxylic acids is 1. The van der Waals surface area contributed by atoms with E-state index in [-0.39, 0.29) is 17.2 Å². The Balaban J connectivity index is 2.21. The van der Waals surface area contributed by atoms with Crippen LogP contribution >= 0.6 is 22.6 Å². The first-order valence-corrected chi connectivity index (χ1v) is 7.53. The molecule has 1 amide bonds. The van der Waals surface area contributed by atoms with E-state index in [1.165, 1.54) is 18.2 Å². The summed E-state index contributed by atoms with van der Waals surface area (Å²) in [6.45, 7) is 4.03. The summed E-state index contributed by atoms with van der Waals surface area (Å²) < 4.78 is 0.611. The van der Waals surface area contributed by atoms with Crippen LogP contribution in [0.4, 0.5) is 11.6 Å². The average Bonchev–Trinajstić information content (AvgIpc) is 2.47. The van der Waals surface area contributed by atoms with Crippen LogP contribution in [0.25, 0.3) is 0 Å². The summed E-state index contributed by atoms with van der Waals surface area (Å²) in [5.41, 5.74) is 1.04. The molecule has 22 heavy (non-hydrogen) atoms. The molecule has 2 aromatic rings. The largest absolute Gasteiger partial charge is 0.290 e. The summed E-state index contributed by atoms with van der Waals surface area (Å²) >= 11 is 1.95. The van der Waals surface area contributed by atoms with Gasteiger partial charge in [0.25, 0.3) is 11.6 Å². The number of nitro groups is 1. The van der Waals surface area contributed by atoms with Gasteiger partial charge in [0, 0.05) is 28.1 Å². The zero-order chi connectivity index (χ0) is 16.3. The lowest BCUT2D eigenvalue weighted by atomic mass is 10.1. The normalized spacial score (nSPS) is 10.5. The summed E-state index contributed by atoms with van der Waals surface area (Å²) in [6, 6.07) is 4.11. The Labute approximate surface area is 140 Å². The van der Waals surface area contributed by atoms with Gasteiger partial charge < -0.3 is 0 Å². The molecular weight excluding hydrogens is 399 g/mol. The Morgan fingerprint density at radius 3 is 2.50 bits per heavy atom. The number of hydrogen-bond donors (Lipinski definition) is 1. The Bertz CT molecular complexity index is 717. The van der Waals surface area contributed by atoms with Crippen molar-refractivity contribution < 1.29 is 9.72 Å². The van der Waals surface area contributed by atoms with Gasteiger partial charge in [0.2, 0.25) is 5.95 Å². The molecule has 0 spiro atoms. The van der Waals surface area contributed by atoms with Crippen molar-refractivity contribution in [2.24, 2.45) is 0 Å². The van der Waals surface area contributed by atoms with Crippen molar-refractivity contribution in [1.29, 1.82) is 0 Å². The van der Waals surface area contributed by atoms with Gasteiger partial charge in [-0.3, -0.25) is 20.2 Å². The van der Waals surface area contributed by atoms with E-state index in [2.05, 4.69) is 15.3 Å². The van der Waals surface area contributed by atoms with Crippen LogP contribution in [0.1, 0.15) is 35.7 Å². The second kappa shape index (κ2) is 6.77. The molecular formula is C14H13IN4O3. The molecule has 0 aliphatic heterocycles. The van der Waals surface area contributed by atoms with Crippen LogP contribution in [0.15, 0.2) is 30.6 Å². The van der Waals surface area contributed by atoms with Gasteiger partial charge in [-0.25, -0.2) is 9.97 Å². The minimum Gasteiger partial charge on any atom is -0.290 e. The molecule has 0 saturated heterocycles. The Hall–Kier alpha value is -2.10. The van der Waals surface area contributed by atoms with Crippen molar-refractivity contribution in [3.8, 4) is 0 Å². The zero-order valence-electron chi connectivity index (χ0n) is 11.9. The Morgan fingerprint density at radius 2 is 1.95 bits per heavy atom. The fourth-order valence-corrected chi connectivity index (χ4v) is 2.25. The van der Waals surface area contributed by atoms with Crippen molar-refractivity contribution in [3.05, 3.63) is 55.4 Å². The Kier molecular flexibility index (Phi) is 5.01. The van der Waals surface area contributed by atoms with Gasteiger partial charge in [-0.2, -0.15) is 0 Å². The highest BCUT2D eigenvalue weighted by Crippen LogP contribution is 2.20. The minimum atomic E-state index is -0.541. The fourth-order valence-electron chi connectivity index (χ4n) is 1.67. The second-order valence-electron chi connectivity index (χ2n) is 4.87. The summed E-state index contributed by atoms with van der Waals surface area (Å²) in [4.78, 5) is 30.6. The first kappa shape index (κ1) is 16.3. The molecule has 1 heterocycles. The van der Waals surface area contributed by atoms with Crippen molar-refractivity contribution in [1.82, 2.24) is 9.97 Å². The van der Waals surface area contributed by atoms with Gasteiger partial charge in [-0.05, 0) is 40.1 Å². The molecule has 1 aromatic carbocycles. The van der Waals surface area contributed by atoms with Gasteiger partial charge in [0.1, 0.15) is 0 Å². The third kappa shape index (κ3) is 3.75. The maximum absolute atomic E-state index is 12.2. The van der Waals surface area contributed by atoms with Crippen LogP contribution in [0.2, 0.25) is 0 Å². The molecule has 1 N–H and O–H groups in total. The first-order valence-electron chi connectivity index (χ1n) is 6.45. The number of halogens is 1. The third-order valence-corrected chi connectivity index (χ3v) is 3.91. The lowest BCUT2D eigenvalue weighted by Gasteiger charge is -2.07. The number of aromatic nitrogens is 2. The predicted octanol–water partition coefficient (Wildman–Crippen LogP) is 3.37. The molecule has 0 bridgehead atoms. The highest BCUT2D eigenvalue weighted by Gasteiger charge is 2.16. The predicted molar refractivity (Wildman–Crippen MR) is 89.9 cm³/mol. The monoisotopic (exact) mass is 412 g/mol. The molecule has 0 unspecified atom stereocenters. The number of nitrogens with zero attached hydrogens (tertiary/aromatic N) is 3. The fraction of sp³-hybridized carbons (Fsp3) is 0.214. The van der Waals surface area contributed by atoms with Crippen molar-refractivity contribution in [2.45, 2.75) is 19.8 Å². The summed E-state index contributed by atoms with van der Waals surface area (Å²) in [6.07, 6.45) is 3.29. The van der Waals surface area contributed by atoms with Gasteiger partial charge >= 0.3 is 0 Å². The smallest absolute Gasteiger partial charge is 0.270 e. The molecule has 0 aliphatic carbocycles. The number of rotatable bonds is 4. The van der Waals surface area contributed by atoms with Crippen molar-refractivity contribution in [3.63, 3.8) is 0 Å². The lowest BCUT2D eigenvalue weighted by molar-refractivity contribution is -0.384. The summed E-state index contributed by atoms with van der Waals surface area (Å²) in [5.74, 6) is -0.0235. The summed E-state index contributed by atoms with van der Waals surface area (Å²) in [7, 11) is 0. The standard InChI is InChI=1S/C14H13IN4O3/c1-8(2)9-6-16-14(17-7-9)18-13(20)11-5-10(19(21)22)3-4-12(11)15/h3-8H,1-2H3,(H,16,17,18,20). The molecule has 8 heteroatoms. The molecule has 0 aliphatic rings. The molecule has 1 aromatic heterocycles. The van der Waals surface area contributed by atoms with Gasteiger partial charge in [0.05, 0.1) is 10.5 Å². The quantitative estimate of drug-likeness (QED) is 0.472. The SMILES string of the molecule is CC(C)c1cnc(NC(=O)c2cc([N+](=O)[O-])ccc2I)nc1. The second-order valence-corrected chi connectivity index (χ2v) is 6.03. The number of amides is 1. The number of carbonyl (C=O) groups is 1. The van der Waals surface area contributed by atoms with E-state index >= 15 is 0 Å². The zero-order valence-corrected chi connectivity index (χ0v) is 14.1. The van der Waals surface area contributed by atoms with Crippen LogP contribution in [0.3, 0.4) is 0 Å². The van der Waals surface area contributed by atoms with E-state index in [4.69, 9.17) is 0 Å². The number of benzene rings is 1. The molecule has 0 saturated carbocycles. The van der Waals surface area contributed by atoms with E-state index in [9.17, 15) is 14.9 Å². The molecule has 114 valence electrons. The van der Waals surface area contributed by atoms with E-state index in [1.54, 1.807) is 12.4 Å².